The highest BCUT2D eigenvalue weighted by Gasteiger charge is 2.26. The van der Waals surface area contributed by atoms with E-state index in [1.54, 1.807) is 43.3 Å². The summed E-state index contributed by atoms with van der Waals surface area (Å²) in [5, 5.41) is 15.2. The molecule has 1 aromatic heterocycles. The molecule has 0 radical (unpaired) electrons. The van der Waals surface area contributed by atoms with E-state index in [-0.39, 0.29) is 36.1 Å². The minimum Gasteiger partial charge on any atom is -0.462 e. The molecule has 0 saturated carbocycles. The average molecular weight is 524 g/mol. The van der Waals surface area contributed by atoms with Crippen LogP contribution in [0.3, 0.4) is 0 Å². The summed E-state index contributed by atoms with van der Waals surface area (Å²) >= 11 is 1.26. The second-order valence-electron chi connectivity index (χ2n) is 8.78. The topological polar surface area (TPSA) is 115 Å². The van der Waals surface area contributed by atoms with Gasteiger partial charge >= 0.3 is 5.97 Å². The molecule has 0 bridgehead atoms. The number of aromatic nitrogens is 3. The molecule has 9 nitrogen and oxygen atoms in total. The molecule has 0 unspecified atom stereocenters. The van der Waals surface area contributed by atoms with Crippen molar-refractivity contribution in [3.8, 4) is 0 Å². The summed E-state index contributed by atoms with van der Waals surface area (Å²) in [5.74, 6) is -0.0520. The summed E-state index contributed by atoms with van der Waals surface area (Å²) in [5.41, 5.74) is 2.54. The van der Waals surface area contributed by atoms with Gasteiger partial charge in [-0.3, -0.25) is 9.59 Å². The largest absolute Gasteiger partial charge is 0.462 e. The molecule has 1 atom stereocenters. The summed E-state index contributed by atoms with van der Waals surface area (Å²) < 4.78 is 6.93. The molecular weight excluding hydrogens is 490 g/mol. The minimum atomic E-state index is -0.439. The molecule has 3 aromatic rings. The van der Waals surface area contributed by atoms with Crippen molar-refractivity contribution in [1.82, 2.24) is 20.1 Å². The van der Waals surface area contributed by atoms with Crippen LogP contribution in [0.15, 0.2) is 53.7 Å². The van der Waals surface area contributed by atoms with E-state index in [9.17, 15) is 14.4 Å². The third-order valence-electron chi connectivity index (χ3n) is 5.60. The number of esters is 1. The summed E-state index contributed by atoms with van der Waals surface area (Å²) in [6.07, 6.45) is 0. The number of ether oxygens (including phenoxy) is 1. The highest BCUT2D eigenvalue weighted by molar-refractivity contribution is 7.99. The number of hydrogen-bond donors (Lipinski definition) is 2. The van der Waals surface area contributed by atoms with Crippen molar-refractivity contribution < 1.29 is 19.1 Å². The van der Waals surface area contributed by atoms with Crippen molar-refractivity contribution in [3.05, 3.63) is 71.0 Å². The van der Waals surface area contributed by atoms with Crippen molar-refractivity contribution in [2.75, 3.05) is 17.7 Å². The molecule has 2 amide bonds. The normalized spacial score (nSPS) is 11.7. The first kappa shape index (κ1) is 27.9. The van der Waals surface area contributed by atoms with E-state index in [2.05, 4.69) is 20.8 Å². The van der Waals surface area contributed by atoms with E-state index in [1.165, 1.54) is 11.8 Å². The van der Waals surface area contributed by atoms with Gasteiger partial charge in [0.05, 0.1) is 24.0 Å². The van der Waals surface area contributed by atoms with Crippen molar-refractivity contribution >= 4 is 35.2 Å². The Balaban J connectivity index is 1.68. The molecule has 0 saturated heterocycles. The van der Waals surface area contributed by atoms with Crippen LogP contribution in [0.25, 0.3) is 0 Å². The van der Waals surface area contributed by atoms with Crippen LogP contribution in [-0.2, 0) is 16.1 Å². The number of amides is 2. The zero-order valence-corrected chi connectivity index (χ0v) is 22.6. The molecule has 3 rings (SSSR count). The molecule has 37 heavy (non-hydrogen) atoms. The Hall–Kier alpha value is -3.66. The second kappa shape index (κ2) is 13.0. The zero-order valence-electron chi connectivity index (χ0n) is 21.8. The van der Waals surface area contributed by atoms with Gasteiger partial charge in [-0.15, -0.1) is 10.2 Å². The molecule has 0 fully saturated rings. The fraction of sp³-hybridized carbons (Fsp3) is 0.370. The predicted octanol–water partition coefficient (Wildman–Crippen LogP) is 4.64. The van der Waals surface area contributed by atoms with Crippen LogP contribution < -0.4 is 10.6 Å². The van der Waals surface area contributed by atoms with Crippen LogP contribution in [0, 0.1) is 12.8 Å². The van der Waals surface area contributed by atoms with Crippen LogP contribution in [0.5, 0.6) is 0 Å². The fourth-order valence-electron chi connectivity index (χ4n) is 3.66. The quantitative estimate of drug-likeness (QED) is 0.278. The van der Waals surface area contributed by atoms with Crippen LogP contribution >= 0.6 is 11.8 Å². The first-order valence-corrected chi connectivity index (χ1v) is 13.2. The standard InChI is InChI=1S/C27H33N5O4S/c1-6-32-24(23(17(3)4)29-25(34)19-13-11-18(5)12-14-19)30-31-27(32)37-16-22(33)28-21-10-8-9-20(15-21)26(35)36-7-2/h8-15,17,23H,6-7,16H2,1-5H3,(H,28,33)(H,29,34)/t23-/m1/s1. The minimum absolute atomic E-state index is 0.0664. The first-order chi connectivity index (χ1) is 17.7. The molecule has 1 heterocycles. The van der Waals surface area contributed by atoms with Gasteiger partial charge in [0.2, 0.25) is 5.91 Å². The number of aryl methyl sites for hydroxylation is 1. The number of nitrogens with one attached hydrogen (secondary N) is 2. The molecule has 2 aromatic carbocycles. The van der Waals surface area contributed by atoms with Crippen LogP contribution in [0.2, 0.25) is 0 Å². The van der Waals surface area contributed by atoms with Gasteiger partial charge in [0.15, 0.2) is 11.0 Å². The van der Waals surface area contributed by atoms with E-state index in [4.69, 9.17) is 4.74 Å². The zero-order chi connectivity index (χ0) is 26.9. The van der Waals surface area contributed by atoms with Gasteiger partial charge in [0.1, 0.15) is 0 Å². The SMILES string of the molecule is CCOC(=O)c1cccc(NC(=O)CSc2nnc([C@H](NC(=O)c3ccc(C)cc3)C(C)C)n2CC)c1. The van der Waals surface area contributed by atoms with Gasteiger partial charge in [0, 0.05) is 17.8 Å². The van der Waals surface area contributed by atoms with E-state index in [0.29, 0.717) is 34.3 Å². The molecule has 0 aliphatic carbocycles. The van der Waals surface area contributed by atoms with E-state index in [0.717, 1.165) is 5.56 Å². The third kappa shape index (κ3) is 7.42. The highest BCUT2D eigenvalue weighted by atomic mass is 32.2. The Kier molecular flexibility index (Phi) is 9.85. The lowest BCUT2D eigenvalue weighted by molar-refractivity contribution is -0.113. The second-order valence-corrected chi connectivity index (χ2v) is 9.73. The van der Waals surface area contributed by atoms with Gasteiger partial charge in [-0.2, -0.15) is 0 Å². The lowest BCUT2D eigenvalue weighted by atomic mass is 10.0. The predicted molar refractivity (Wildman–Crippen MR) is 144 cm³/mol. The van der Waals surface area contributed by atoms with Crippen LogP contribution in [-0.4, -0.2) is 44.9 Å². The molecule has 0 aliphatic heterocycles. The number of anilines is 1. The smallest absolute Gasteiger partial charge is 0.338 e. The summed E-state index contributed by atoms with van der Waals surface area (Å²) in [6, 6.07) is 13.7. The number of hydrogen-bond acceptors (Lipinski definition) is 7. The summed E-state index contributed by atoms with van der Waals surface area (Å²) in [7, 11) is 0. The molecular formula is C27H33N5O4S. The molecule has 0 aliphatic rings. The van der Waals surface area contributed by atoms with Crippen LogP contribution in [0.4, 0.5) is 5.69 Å². The third-order valence-corrected chi connectivity index (χ3v) is 6.56. The van der Waals surface area contributed by atoms with Gasteiger partial charge in [-0.25, -0.2) is 4.79 Å². The maximum atomic E-state index is 12.9. The Morgan fingerprint density at radius 1 is 1.03 bits per heavy atom. The Morgan fingerprint density at radius 2 is 1.76 bits per heavy atom. The van der Waals surface area contributed by atoms with Crippen LogP contribution in [0.1, 0.15) is 65.8 Å². The molecule has 0 spiro atoms. The maximum Gasteiger partial charge on any atom is 0.338 e. The van der Waals surface area contributed by atoms with Crippen molar-refractivity contribution in [2.45, 2.75) is 52.4 Å². The molecule has 10 heteroatoms. The lowest BCUT2D eigenvalue weighted by Crippen LogP contribution is -2.33. The lowest BCUT2D eigenvalue weighted by Gasteiger charge is -2.22. The van der Waals surface area contributed by atoms with Gasteiger partial charge in [-0.1, -0.05) is 49.4 Å². The monoisotopic (exact) mass is 523 g/mol. The van der Waals surface area contributed by atoms with E-state index in [1.807, 2.05) is 44.4 Å². The Labute approximate surface area is 221 Å². The van der Waals surface area contributed by atoms with Crippen molar-refractivity contribution in [1.29, 1.82) is 0 Å². The average Bonchev–Trinajstić information content (AvgIpc) is 3.29. The number of rotatable bonds is 11. The van der Waals surface area contributed by atoms with E-state index < -0.39 is 5.97 Å². The number of benzene rings is 2. The van der Waals surface area contributed by atoms with Crippen molar-refractivity contribution in [2.24, 2.45) is 5.92 Å². The fourth-order valence-corrected chi connectivity index (χ4v) is 4.47. The number of carbonyl (C=O) groups is 3. The first-order valence-electron chi connectivity index (χ1n) is 12.2. The van der Waals surface area contributed by atoms with E-state index >= 15 is 0 Å². The summed E-state index contributed by atoms with van der Waals surface area (Å²) in [4.78, 5) is 37.4. The Morgan fingerprint density at radius 3 is 2.41 bits per heavy atom. The van der Waals surface area contributed by atoms with Crippen molar-refractivity contribution in [3.63, 3.8) is 0 Å². The van der Waals surface area contributed by atoms with Gasteiger partial charge in [0.25, 0.3) is 5.91 Å². The summed E-state index contributed by atoms with van der Waals surface area (Å²) in [6.45, 7) is 10.6. The molecule has 196 valence electrons. The number of carbonyl (C=O) groups excluding carboxylic acids is 3. The van der Waals surface area contributed by atoms with Gasteiger partial charge < -0.3 is 19.9 Å². The maximum absolute atomic E-state index is 12.9. The Bertz CT molecular complexity index is 1240. The molecule has 2 N–H and O–H groups in total. The highest BCUT2D eigenvalue weighted by Crippen LogP contribution is 2.26. The van der Waals surface area contributed by atoms with Gasteiger partial charge in [-0.05, 0) is 57.0 Å². The number of thioether (sulfide) groups is 1. The number of nitrogens with zero attached hydrogens (tertiary/aromatic N) is 3.